The summed E-state index contributed by atoms with van der Waals surface area (Å²) in [6, 6.07) is 9.95. The lowest BCUT2D eigenvalue weighted by Crippen LogP contribution is -3.29. The zero-order valence-electron chi connectivity index (χ0n) is 13.8. The van der Waals surface area contributed by atoms with Crippen molar-refractivity contribution in [3.8, 4) is 0 Å². The number of nitrogens with one attached hydrogen (secondary N) is 2. The van der Waals surface area contributed by atoms with Crippen LogP contribution < -0.4 is 9.80 Å². The van der Waals surface area contributed by atoms with Crippen molar-refractivity contribution in [3.05, 3.63) is 35.9 Å². The molecule has 1 saturated heterocycles. The molecule has 126 valence electrons. The molecule has 0 aromatic heterocycles. The minimum absolute atomic E-state index is 0.0759. The summed E-state index contributed by atoms with van der Waals surface area (Å²) in [5.74, 6) is -0.705. The number of hydrogen-bond donors (Lipinski definition) is 2. The van der Waals surface area contributed by atoms with Gasteiger partial charge in [0.05, 0.1) is 14.2 Å². The smallest absolute Gasteiger partial charge is 0.365 e. The highest BCUT2D eigenvalue weighted by molar-refractivity contribution is 5.81. The number of hydrogen-bond acceptors (Lipinski definition) is 4. The van der Waals surface area contributed by atoms with Gasteiger partial charge in [0.25, 0.3) is 0 Å². The number of carbonyl (C=O) groups excluding carboxylic acids is 2. The molecular formula is C17H26N2O4+2. The Balaban J connectivity index is 1.90. The zero-order chi connectivity index (χ0) is 16.7. The van der Waals surface area contributed by atoms with Crippen LogP contribution in [0.2, 0.25) is 0 Å². The van der Waals surface area contributed by atoms with Crippen LogP contribution in [-0.4, -0.2) is 58.4 Å². The maximum atomic E-state index is 12.0. The summed E-state index contributed by atoms with van der Waals surface area (Å²) in [6.07, 6.45) is 0.0759. The third kappa shape index (κ3) is 5.04. The molecule has 1 aromatic carbocycles. The normalized spacial score (nSPS) is 22.2. The van der Waals surface area contributed by atoms with Crippen molar-refractivity contribution in [2.24, 2.45) is 0 Å². The van der Waals surface area contributed by atoms with Crippen LogP contribution in [0.15, 0.2) is 30.3 Å². The Morgan fingerprint density at radius 2 is 1.70 bits per heavy atom. The van der Waals surface area contributed by atoms with E-state index in [9.17, 15) is 9.59 Å². The molecule has 0 radical (unpaired) electrons. The molecule has 1 atom stereocenters. The summed E-state index contributed by atoms with van der Waals surface area (Å²) in [7, 11) is 2.71. The fourth-order valence-corrected chi connectivity index (χ4v) is 3.12. The van der Waals surface area contributed by atoms with Crippen molar-refractivity contribution in [3.63, 3.8) is 0 Å². The van der Waals surface area contributed by atoms with Crippen LogP contribution in [0.1, 0.15) is 12.0 Å². The van der Waals surface area contributed by atoms with Crippen LogP contribution in [0.25, 0.3) is 0 Å². The summed E-state index contributed by atoms with van der Waals surface area (Å²) >= 11 is 0. The number of rotatable bonds is 6. The Labute approximate surface area is 137 Å². The predicted molar refractivity (Wildman–Crippen MR) is 84.0 cm³/mol. The first-order valence-electron chi connectivity index (χ1n) is 8.00. The molecule has 2 N–H and O–H groups in total. The molecule has 1 heterocycles. The Morgan fingerprint density at radius 3 is 2.26 bits per heavy atom. The van der Waals surface area contributed by atoms with E-state index >= 15 is 0 Å². The van der Waals surface area contributed by atoms with Crippen molar-refractivity contribution in [2.45, 2.75) is 19.0 Å². The van der Waals surface area contributed by atoms with Crippen LogP contribution in [-0.2, 0) is 25.6 Å². The first kappa shape index (κ1) is 17.4. The lowest BCUT2D eigenvalue weighted by atomic mass is 10.1. The fraction of sp³-hybridized carbons (Fsp3) is 0.529. The molecule has 6 nitrogen and oxygen atoms in total. The molecule has 0 saturated carbocycles. The van der Waals surface area contributed by atoms with Crippen molar-refractivity contribution in [1.82, 2.24) is 0 Å². The van der Waals surface area contributed by atoms with Gasteiger partial charge in [-0.25, -0.2) is 4.79 Å². The summed E-state index contributed by atoms with van der Waals surface area (Å²) in [5, 5.41) is 0. The van der Waals surface area contributed by atoms with E-state index in [0.29, 0.717) is 0 Å². The number of esters is 2. The number of methoxy groups -OCH3 is 2. The maximum Gasteiger partial charge on any atom is 0.365 e. The molecule has 1 aliphatic rings. The summed E-state index contributed by atoms with van der Waals surface area (Å²) < 4.78 is 9.56. The van der Waals surface area contributed by atoms with Crippen LogP contribution in [0.3, 0.4) is 0 Å². The molecule has 2 rings (SSSR count). The van der Waals surface area contributed by atoms with Gasteiger partial charge in [0.2, 0.25) is 0 Å². The third-order valence-electron chi connectivity index (χ3n) is 4.47. The highest BCUT2D eigenvalue weighted by Gasteiger charge is 2.36. The molecule has 0 unspecified atom stereocenters. The predicted octanol–water partition coefficient (Wildman–Crippen LogP) is -1.93. The van der Waals surface area contributed by atoms with Crippen molar-refractivity contribution in [1.29, 1.82) is 0 Å². The molecule has 23 heavy (non-hydrogen) atoms. The first-order chi connectivity index (χ1) is 11.1. The monoisotopic (exact) mass is 322 g/mol. The van der Waals surface area contributed by atoms with Gasteiger partial charge in [0.15, 0.2) is 6.04 Å². The van der Waals surface area contributed by atoms with E-state index in [2.05, 4.69) is 24.3 Å². The Bertz CT molecular complexity index is 513. The summed E-state index contributed by atoms with van der Waals surface area (Å²) in [4.78, 5) is 26.1. The minimum Gasteiger partial charge on any atom is -0.469 e. The van der Waals surface area contributed by atoms with E-state index in [1.54, 1.807) is 0 Å². The van der Waals surface area contributed by atoms with E-state index in [1.807, 2.05) is 6.07 Å². The Morgan fingerprint density at radius 1 is 1.04 bits per heavy atom. The van der Waals surface area contributed by atoms with Crippen LogP contribution in [0, 0.1) is 0 Å². The van der Waals surface area contributed by atoms with Crippen LogP contribution in [0.4, 0.5) is 0 Å². The van der Waals surface area contributed by atoms with E-state index < -0.39 is 6.04 Å². The molecule has 1 aliphatic heterocycles. The van der Waals surface area contributed by atoms with Crippen molar-refractivity contribution >= 4 is 11.9 Å². The highest BCUT2D eigenvalue weighted by atomic mass is 16.5. The van der Waals surface area contributed by atoms with E-state index in [4.69, 9.17) is 9.47 Å². The number of ether oxygens (including phenoxy) is 2. The van der Waals surface area contributed by atoms with Gasteiger partial charge in [-0.1, -0.05) is 30.3 Å². The second-order valence-electron chi connectivity index (χ2n) is 5.93. The van der Waals surface area contributed by atoms with Crippen LogP contribution >= 0.6 is 0 Å². The second kappa shape index (κ2) is 8.64. The summed E-state index contributed by atoms with van der Waals surface area (Å²) in [5.41, 5.74) is 1.32. The van der Waals surface area contributed by atoms with E-state index in [-0.39, 0.29) is 18.4 Å². The molecule has 0 aliphatic carbocycles. The zero-order valence-corrected chi connectivity index (χ0v) is 13.8. The SMILES string of the molecule is COC(=O)C[C@H](C(=O)OC)[NH+]1CC[NH+](Cc2ccccc2)CC1. The van der Waals surface area contributed by atoms with Crippen molar-refractivity contribution in [2.75, 3.05) is 40.4 Å². The van der Waals surface area contributed by atoms with Gasteiger partial charge < -0.3 is 19.3 Å². The number of piperazine rings is 1. The molecule has 1 aromatic rings. The lowest BCUT2D eigenvalue weighted by molar-refractivity contribution is -1.03. The van der Waals surface area contributed by atoms with E-state index in [1.165, 1.54) is 24.7 Å². The van der Waals surface area contributed by atoms with Gasteiger partial charge in [0.1, 0.15) is 39.1 Å². The second-order valence-corrected chi connectivity index (χ2v) is 5.93. The van der Waals surface area contributed by atoms with Gasteiger partial charge in [-0.15, -0.1) is 0 Å². The van der Waals surface area contributed by atoms with Crippen molar-refractivity contribution < 1.29 is 28.9 Å². The molecule has 0 spiro atoms. The number of carbonyl (C=O) groups is 2. The molecule has 0 bridgehead atoms. The van der Waals surface area contributed by atoms with Crippen LogP contribution in [0.5, 0.6) is 0 Å². The van der Waals surface area contributed by atoms with E-state index in [0.717, 1.165) is 37.6 Å². The number of benzene rings is 1. The maximum absolute atomic E-state index is 12.0. The quantitative estimate of drug-likeness (QED) is 0.599. The number of quaternary nitrogens is 2. The molecular weight excluding hydrogens is 296 g/mol. The topological polar surface area (TPSA) is 61.5 Å². The largest absolute Gasteiger partial charge is 0.469 e. The summed E-state index contributed by atoms with van der Waals surface area (Å²) in [6.45, 7) is 4.63. The molecule has 1 fully saturated rings. The van der Waals surface area contributed by atoms with Gasteiger partial charge in [-0.2, -0.15) is 0 Å². The Hall–Kier alpha value is -1.92. The van der Waals surface area contributed by atoms with Gasteiger partial charge in [-0.3, -0.25) is 4.79 Å². The molecule has 6 heteroatoms. The Kier molecular flexibility index (Phi) is 6.55. The third-order valence-corrected chi connectivity index (χ3v) is 4.47. The average Bonchev–Trinajstić information content (AvgIpc) is 2.60. The molecule has 0 amide bonds. The highest BCUT2D eigenvalue weighted by Crippen LogP contribution is 1.96. The van der Waals surface area contributed by atoms with Gasteiger partial charge in [-0.05, 0) is 0 Å². The van der Waals surface area contributed by atoms with Gasteiger partial charge >= 0.3 is 11.9 Å². The standard InChI is InChI=1S/C17H24N2O4/c1-22-16(20)12-15(17(21)23-2)19-10-8-18(9-11-19)13-14-6-4-3-5-7-14/h3-7,15H,8-13H2,1-2H3/p+2/t15-/m1/s1. The van der Waals surface area contributed by atoms with Gasteiger partial charge in [0, 0.05) is 5.56 Å². The minimum atomic E-state index is -0.467. The fourth-order valence-electron chi connectivity index (χ4n) is 3.12. The lowest BCUT2D eigenvalue weighted by Gasteiger charge is -2.33. The average molecular weight is 322 g/mol. The first-order valence-corrected chi connectivity index (χ1v) is 8.00.